The molecule has 0 spiro atoms. The van der Waals surface area contributed by atoms with E-state index in [2.05, 4.69) is 4.98 Å². The average molecular weight is 282 g/mol. The molecule has 7 heteroatoms. The van der Waals surface area contributed by atoms with Gasteiger partial charge in [0, 0.05) is 18.1 Å². The van der Waals surface area contributed by atoms with Crippen molar-refractivity contribution in [1.29, 1.82) is 0 Å². The molecule has 1 aliphatic heterocycles. The number of alkyl halides is 3. The minimum absolute atomic E-state index is 0.152. The topological polar surface area (TPSA) is 42.4 Å². The molecule has 2 heterocycles. The molecule has 2 unspecified atom stereocenters. The molecule has 2 rings (SSSR count). The molecule has 1 aromatic rings. The number of aromatic nitrogens is 1. The molecule has 1 saturated heterocycles. The van der Waals surface area contributed by atoms with Crippen molar-refractivity contribution in [2.24, 2.45) is 5.92 Å². The lowest BCUT2D eigenvalue weighted by atomic mass is 9.96. The third-order valence-electron chi connectivity index (χ3n) is 2.90. The number of halogens is 4. The third-order valence-corrected chi connectivity index (χ3v) is 3.20. The summed E-state index contributed by atoms with van der Waals surface area (Å²) in [6, 6.07) is 1.99. The summed E-state index contributed by atoms with van der Waals surface area (Å²) in [5, 5.41) is 9.69. The maximum absolute atomic E-state index is 12.4. The summed E-state index contributed by atoms with van der Waals surface area (Å²) in [6.45, 7) is 0.909. The van der Waals surface area contributed by atoms with Gasteiger partial charge in [-0.2, -0.15) is 13.2 Å². The van der Waals surface area contributed by atoms with Gasteiger partial charge < -0.3 is 9.84 Å². The molecule has 0 bridgehead atoms. The smallest absolute Gasteiger partial charge is 0.388 e. The van der Waals surface area contributed by atoms with Crippen LogP contribution in [-0.4, -0.2) is 23.3 Å². The second-order valence-electron chi connectivity index (χ2n) is 4.14. The van der Waals surface area contributed by atoms with Gasteiger partial charge in [0.2, 0.25) is 0 Å². The van der Waals surface area contributed by atoms with Crippen LogP contribution in [0.4, 0.5) is 13.2 Å². The molecule has 1 aliphatic rings. The number of nitrogens with zero attached hydrogens (tertiary/aromatic N) is 1. The SMILES string of the molecule is OC(c1ccc(C(F)(F)F)nc1Cl)C1CCOC1. The van der Waals surface area contributed by atoms with Crippen LogP contribution in [0.25, 0.3) is 0 Å². The van der Waals surface area contributed by atoms with E-state index in [4.69, 9.17) is 16.3 Å². The molecule has 0 saturated carbocycles. The molecule has 1 fully saturated rings. The fourth-order valence-electron chi connectivity index (χ4n) is 1.88. The highest BCUT2D eigenvalue weighted by Gasteiger charge is 2.34. The first-order valence-electron chi connectivity index (χ1n) is 5.39. The largest absolute Gasteiger partial charge is 0.433 e. The first-order valence-corrected chi connectivity index (χ1v) is 5.77. The van der Waals surface area contributed by atoms with E-state index < -0.39 is 18.0 Å². The summed E-state index contributed by atoms with van der Waals surface area (Å²) in [6.07, 6.45) is -4.84. The first-order chi connectivity index (χ1) is 8.39. The Bertz CT molecular complexity index is 433. The molecule has 1 N–H and O–H groups in total. The summed E-state index contributed by atoms with van der Waals surface area (Å²) in [5.41, 5.74) is -0.855. The van der Waals surface area contributed by atoms with Gasteiger partial charge in [0.05, 0.1) is 12.7 Å². The molecule has 100 valence electrons. The summed E-state index contributed by atoms with van der Waals surface area (Å²) < 4.78 is 42.3. The average Bonchev–Trinajstić information content (AvgIpc) is 2.80. The second kappa shape index (κ2) is 5.03. The van der Waals surface area contributed by atoms with Crippen molar-refractivity contribution in [3.05, 3.63) is 28.5 Å². The maximum Gasteiger partial charge on any atom is 0.433 e. The maximum atomic E-state index is 12.4. The van der Waals surface area contributed by atoms with Crippen molar-refractivity contribution >= 4 is 11.6 Å². The minimum atomic E-state index is -4.54. The van der Waals surface area contributed by atoms with Gasteiger partial charge in [0.25, 0.3) is 0 Å². The van der Waals surface area contributed by atoms with Crippen molar-refractivity contribution in [2.45, 2.75) is 18.7 Å². The quantitative estimate of drug-likeness (QED) is 0.848. The zero-order valence-corrected chi connectivity index (χ0v) is 10.0. The predicted octanol–water partition coefficient (Wildman–Crippen LogP) is 2.82. The van der Waals surface area contributed by atoms with Gasteiger partial charge in [0.15, 0.2) is 0 Å². The van der Waals surface area contributed by atoms with Gasteiger partial charge in [-0.15, -0.1) is 0 Å². The molecule has 1 aromatic heterocycles. The Labute approximate surface area is 107 Å². The zero-order valence-electron chi connectivity index (χ0n) is 9.25. The van der Waals surface area contributed by atoms with E-state index >= 15 is 0 Å². The van der Waals surface area contributed by atoms with Gasteiger partial charge in [0.1, 0.15) is 10.8 Å². The third kappa shape index (κ3) is 2.76. The number of aliphatic hydroxyl groups is 1. The van der Waals surface area contributed by atoms with Crippen molar-refractivity contribution in [3.8, 4) is 0 Å². The number of ether oxygens (including phenoxy) is 1. The highest BCUT2D eigenvalue weighted by atomic mass is 35.5. The van der Waals surface area contributed by atoms with Crippen LogP contribution in [0.3, 0.4) is 0 Å². The van der Waals surface area contributed by atoms with Gasteiger partial charge in [-0.3, -0.25) is 0 Å². The molecule has 2 atom stereocenters. The van der Waals surface area contributed by atoms with E-state index in [0.29, 0.717) is 19.6 Å². The Morgan fingerprint density at radius 2 is 2.17 bits per heavy atom. The fourth-order valence-corrected chi connectivity index (χ4v) is 2.15. The van der Waals surface area contributed by atoms with Crippen LogP contribution in [0.2, 0.25) is 5.15 Å². The van der Waals surface area contributed by atoms with E-state index in [1.54, 1.807) is 0 Å². The van der Waals surface area contributed by atoms with E-state index in [1.165, 1.54) is 6.07 Å². The summed E-state index contributed by atoms with van der Waals surface area (Å²) in [5.74, 6) is -0.152. The highest BCUT2D eigenvalue weighted by molar-refractivity contribution is 6.30. The number of rotatable bonds is 2. The van der Waals surface area contributed by atoms with Crippen LogP contribution in [-0.2, 0) is 10.9 Å². The highest BCUT2D eigenvalue weighted by Crippen LogP contribution is 2.34. The monoisotopic (exact) mass is 281 g/mol. The molecular formula is C11H11ClF3NO2. The standard InChI is InChI=1S/C11H11ClF3NO2/c12-10-7(9(17)6-3-4-18-5-6)1-2-8(16-10)11(13,14)15/h1-2,6,9,17H,3-5H2. The molecule has 0 radical (unpaired) electrons. The number of hydrogen-bond acceptors (Lipinski definition) is 3. The number of hydrogen-bond donors (Lipinski definition) is 1. The predicted molar refractivity (Wildman–Crippen MR) is 58.1 cm³/mol. The Morgan fingerprint density at radius 3 is 2.67 bits per heavy atom. The van der Waals surface area contributed by atoms with E-state index in [0.717, 1.165) is 6.07 Å². The van der Waals surface area contributed by atoms with Crippen molar-refractivity contribution in [3.63, 3.8) is 0 Å². The molecule has 3 nitrogen and oxygen atoms in total. The van der Waals surface area contributed by atoms with Crippen LogP contribution in [0.5, 0.6) is 0 Å². The van der Waals surface area contributed by atoms with Crippen LogP contribution in [0.1, 0.15) is 23.8 Å². The minimum Gasteiger partial charge on any atom is -0.388 e. The zero-order chi connectivity index (χ0) is 13.3. The molecule has 18 heavy (non-hydrogen) atoms. The lowest BCUT2D eigenvalue weighted by molar-refractivity contribution is -0.141. The van der Waals surface area contributed by atoms with Gasteiger partial charge in [-0.1, -0.05) is 17.7 Å². The van der Waals surface area contributed by atoms with Crippen LogP contribution in [0.15, 0.2) is 12.1 Å². The van der Waals surface area contributed by atoms with Crippen molar-refractivity contribution < 1.29 is 23.0 Å². The molecule has 0 aliphatic carbocycles. The Morgan fingerprint density at radius 1 is 1.44 bits per heavy atom. The van der Waals surface area contributed by atoms with Crippen molar-refractivity contribution in [1.82, 2.24) is 4.98 Å². The van der Waals surface area contributed by atoms with Gasteiger partial charge in [-0.25, -0.2) is 4.98 Å². The van der Waals surface area contributed by atoms with E-state index in [9.17, 15) is 18.3 Å². The number of aliphatic hydroxyl groups excluding tert-OH is 1. The molecular weight excluding hydrogens is 271 g/mol. The Kier molecular flexibility index (Phi) is 3.79. The fraction of sp³-hybridized carbons (Fsp3) is 0.545. The summed E-state index contributed by atoms with van der Waals surface area (Å²) in [7, 11) is 0. The molecule has 0 amide bonds. The Hall–Kier alpha value is -0.850. The van der Waals surface area contributed by atoms with Crippen LogP contribution >= 0.6 is 11.6 Å². The summed E-state index contributed by atoms with van der Waals surface area (Å²) in [4.78, 5) is 3.28. The lowest BCUT2D eigenvalue weighted by Crippen LogP contribution is -2.15. The van der Waals surface area contributed by atoms with E-state index in [1.807, 2.05) is 0 Å². The van der Waals surface area contributed by atoms with E-state index in [-0.39, 0.29) is 16.6 Å². The van der Waals surface area contributed by atoms with Crippen molar-refractivity contribution in [2.75, 3.05) is 13.2 Å². The first kappa shape index (κ1) is 13.6. The van der Waals surface area contributed by atoms with Crippen LogP contribution < -0.4 is 0 Å². The van der Waals surface area contributed by atoms with Crippen LogP contribution in [0, 0.1) is 5.92 Å². The lowest BCUT2D eigenvalue weighted by Gasteiger charge is -2.18. The number of pyridine rings is 1. The molecule has 0 aromatic carbocycles. The van der Waals surface area contributed by atoms with Gasteiger partial charge in [-0.05, 0) is 12.5 Å². The van der Waals surface area contributed by atoms with Gasteiger partial charge >= 0.3 is 6.18 Å². The summed E-state index contributed by atoms with van der Waals surface area (Å²) >= 11 is 5.70. The normalized spacial score (nSPS) is 22.2. The Balaban J connectivity index is 2.24. The second-order valence-corrected chi connectivity index (χ2v) is 4.50.